The van der Waals surface area contributed by atoms with Crippen LogP contribution in [-0.2, 0) is 14.4 Å². The minimum atomic E-state index is -1.61. The van der Waals surface area contributed by atoms with Crippen LogP contribution in [0.3, 0.4) is 0 Å². The first-order valence-corrected chi connectivity index (χ1v) is 9.22. The number of hydrogen-bond donors (Lipinski definition) is 4. The molecule has 2 amide bonds. The van der Waals surface area contributed by atoms with Crippen LogP contribution in [0.4, 0.5) is 4.39 Å². The molecule has 2 atom stereocenters. The van der Waals surface area contributed by atoms with Gasteiger partial charge in [0, 0.05) is 11.5 Å². The highest BCUT2D eigenvalue weighted by Crippen LogP contribution is 2.19. The predicted octanol–water partition coefficient (Wildman–Crippen LogP) is 0.751. The van der Waals surface area contributed by atoms with Gasteiger partial charge in [-0.3, -0.25) is 19.2 Å². The zero-order valence-corrected chi connectivity index (χ0v) is 16.7. The summed E-state index contributed by atoms with van der Waals surface area (Å²) in [5, 5.41) is 23.2. The van der Waals surface area contributed by atoms with Gasteiger partial charge in [-0.1, -0.05) is 13.8 Å². The molecule has 166 valence electrons. The minimum Gasteiger partial charge on any atom is -0.508 e. The van der Waals surface area contributed by atoms with Crippen molar-refractivity contribution >= 4 is 34.5 Å². The summed E-state index contributed by atoms with van der Waals surface area (Å²) in [5.74, 6) is -5.06. The number of benzene rings is 1. The number of phenols is 1. The van der Waals surface area contributed by atoms with Gasteiger partial charge in [0.15, 0.2) is 5.78 Å². The number of phenolic OH excluding ortho intramolecular Hbond substituents is 1. The predicted molar refractivity (Wildman–Crippen MR) is 105 cm³/mol. The molecule has 11 heteroatoms. The number of Topliss-reactive ketones (excluding diaryl/α,β-unsaturated/α-hetero) is 1. The molecule has 1 heterocycles. The highest BCUT2D eigenvalue weighted by atomic mass is 19.1. The number of rotatable bonds is 9. The maximum atomic E-state index is 12.7. The molecule has 0 radical (unpaired) electrons. The first kappa shape index (κ1) is 23.5. The van der Waals surface area contributed by atoms with E-state index >= 15 is 0 Å². The molecule has 0 fully saturated rings. The zero-order chi connectivity index (χ0) is 23.3. The standard InChI is InChI=1S/C20H21FN2O8/c1-9(2)17(19(29)22-13(7-16(26)27)14(25)8-21)23-18(28)12-5-10-3-4-11(24)6-15(10)31-20(12)30/h3-6,9,13,17,24H,7-8H2,1-2H3,(H,22,29)(H,23,28)(H,26,27). The van der Waals surface area contributed by atoms with Crippen molar-refractivity contribution in [3.05, 3.63) is 40.2 Å². The zero-order valence-electron chi connectivity index (χ0n) is 16.7. The number of amides is 2. The van der Waals surface area contributed by atoms with Crippen molar-refractivity contribution in [1.82, 2.24) is 10.6 Å². The molecule has 2 rings (SSSR count). The van der Waals surface area contributed by atoms with Gasteiger partial charge in [-0.25, -0.2) is 9.18 Å². The van der Waals surface area contributed by atoms with Gasteiger partial charge in [0.2, 0.25) is 5.91 Å². The Morgan fingerprint density at radius 3 is 2.39 bits per heavy atom. The number of aromatic hydroxyl groups is 1. The number of ketones is 1. The summed E-state index contributed by atoms with van der Waals surface area (Å²) in [7, 11) is 0. The Morgan fingerprint density at radius 1 is 1.13 bits per heavy atom. The van der Waals surface area contributed by atoms with Crippen LogP contribution in [0.1, 0.15) is 30.6 Å². The van der Waals surface area contributed by atoms with E-state index in [4.69, 9.17) is 9.52 Å². The van der Waals surface area contributed by atoms with Gasteiger partial charge in [-0.2, -0.15) is 0 Å². The van der Waals surface area contributed by atoms with Crippen LogP contribution >= 0.6 is 0 Å². The molecule has 0 aliphatic rings. The fourth-order valence-electron chi connectivity index (χ4n) is 2.79. The van der Waals surface area contributed by atoms with Crippen LogP contribution in [0.2, 0.25) is 0 Å². The van der Waals surface area contributed by atoms with E-state index in [1.165, 1.54) is 24.3 Å². The molecule has 0 saturated carbocycles. The molecule has 10 nitrogen and oxygen atoms in total. The van der Waals surface area contributed by atoms with Gasteiger partial charge in [-0.05, 0) is 24.1 Å². The third kappa shape index (κ3) is 5.87. The number of aliphatic carboxylic acids is 1. The molecule has 1 aromatic carbocycles. The summed E-state index contributed by atoms with van der Waals surface area (Å²) in [4.78, 5) is 59.9. The molecule has 0 saturated heterocycles. The van der Waals surface area contributed by atoms with Crippen LogP contribution in [0, 0.1) is 5.92 Å². The molecule has 0 aliphatic carbocycles. The summed E-state index contributed by atoms with van der Waals surface area (Å²) in [6.45, 7) is 1.67. The average molecular weight is 436 g/mol. The van der Waals surface area contributed by atoms with Gasteiger partial charge < -0.3 is 25.3 Å². The molecule has 2 aromatic rings. The van der Waals surface area contributed by atoms with E-state index in [-0.39, 0.29) is 11.3 Å². The molecule has 31 heavy (non-hydrogen) atoms. The molecule has 4 N–H and O–H groups in total. The minimum absolute atomic E-state index is 0.0564. The van der Waals surface area contributed by atoms with Crippen molar-refractivity contribution in [2.75, 3.05) is 6.67 Å². The third-order valence-electron chi connectivity index (χ3n) is 4.42. The van der Waals surface area contributed by atoms with Crippen LogP contribution in [0.25, 0.3) is 11.0 Å². The molecule has 2 unspecified atom stereocenters. The lowest BCUT2D eigenvalue weighted by Crippen LogP contribution is -2.54. The number of halogens is 1. The number of carbonyl (C=O) groups is 4. The summed E-state index contributed by atoms with van der Waals surface area (Å²) in [6.07, 6.45) is -0.825. The summed E-state index contributed by atoms with van der Waals surface area (Å²) in [5.41, 5.74) is -1.35. The molecule has 0 spiro atoms. The first-order chi connectivity index (χ1) is 14.5. The second kappa shape index (κ2) is 9.83. The third-order valence-corrected chi connectivity index (χ3v) is 4.42. The molecule has 1 aromatic heterocycles. The van der Waals surface area contributed by atoms with Crippen molar-refractivity contribution in [2.45, 2.75) is 32.4 Å². The van der Waals surface area contributed by atoms with E-state index < -0.39 is 65.9 Å². The average Bonchev–Trinajstić information content (AvgIpc) is 2.69. The summed E-state index contributed by atoms with van der Waals surface area (Å²) in [6, 6.07) is 2.32. The Morgan fingerprint density at radius 2 is 1.81 bits per heavy atom. The first-order valence-electron chi connectivity index (χ1n) is 9.22. The Bertz CT molecular complexity index is 1080. The van der Waals surface area contributed by atoms with Crippen molar-refractivity contribution in [1.29, 1.82) is 0 Å². The van der Waals surface area contributed by atoms with E-state index in [2.05, 4.69) is 10.6 Å². The van der Waals surface area contributed by atoms with E-state index in [1.807, 2.05) is 0 Å². The lowest BCUT2D eigenvalue weighted by molar-refractivity contribution is -0.140. The number of carbonyl (C=O) groups excluding carboxylic acids is 3. The van der Waals surface area contributed by atoms with E-state index in [0.29, 0.717) is 5.39 Å². The topological polar surface area (TPSA) is 163 Å². The lowest BCUT2D eigenvalue weighted by atomic mass is 10.0. The SMILES string of the molecule is CC(C)C(NC(=O)c1cc2ccc(O)cc2oc1=O)C(=O)NC(CC(=O)O)C(=O)CF. The van der Waals surface area contributed by atoms with Gasteiger partial charge in [0.1, 0.15) is 35.7 Å². The fraction of sp³-hybridized carbons (Fsp3) is 0.350. The van der Waals surface area contributed by atoms with Crippen LogP contribution in [-0.4, -0.2) is 52.5 Å². The largest absolute Gasteiger partial charge is 0.508 e. The maximum Gasteiger partial charge on any atom is 0.349 e. The number of carboxylic acids is 1. The summed E-state index contributed by atoms with van der Waals surface area (Å²) < 4.78 is 17.7. The molecular weight excluding hydrogens is 415 g/mol. The molecule has 0 aliphatic heterocycles. The second-order valence-corrected chi connectivity index (χ2v) is 7.12. The van der Waals surface area contributed by atoms with Crippen molar-refractivity contribution in [3.63, 3.8) is 0 Å². The quantitative estimate of drug-likeness (QED) is 0.419. The number of nitrogens with one attached hydrogen (secondary N) is 2. The van der Waals surface area contributed by atoms with Crippen LogP contribution in [0.5, 0.6) is 5.75 Å². The van der Waals surface area contributed by atoms with Gasteiger partial charge in [0.05, 0.1) is 6.42 Å². The van der Waals surface area contributed by atoms with Crippen molar-refractivity contribution in [2.24, 2.45) is 5.92 Å². The second-order valence-electron chi connectivity index (χ2n) is 7.12. The lowest BCUT2D eigenvalue weighted by Gasteiger charge is -2.24. The number of carboxylic acid groups (broad SMARTS) is 1. The number of hydrogen-bond acceptors (Lipinski definition) is 7. The van der Waals surface area contributed by atoms with E-state index in [0.717, 1.165) is 0 Å². The van der Waals surface area contributed by atoms with Gasteiger partial charge >= 0.3 is 11.6 Å². The highest BCUT2D eigenvalue weighted by Gasteiger charge is 2.30. The van der Waals surface area contributed by atoms with E-state index in [1.54, 1.807) is 13.8 Å². The monoisotopic (exact) mass is 436 g/mol. The van der Waals surface area contributed by atoms with E-state index in [9.17, 15) is 33.5 Å². The highest BCUT2D eigenvalue weighted by molar-refractivity contribution is 6.00. The van der Waals surface area contributed by atoms with Crippen molar-refractivity contribution in [3.8, 4) is 5.75 Å². The van der Waals surface area contributed by atoms with Crippen LogP contribution in [0.15, 0.2) is 33.5 Å². The van der Waals surface area contributed by atoms with Crippen LogP contribution < -0.4 is 16.3 Å². The number of alkyl halides is 1. The molecule has 0 bridgehead atoms. The maximum absolute atomic E-state index is 12.7. The smallest absolute Gasteiger partial charge is 0.349 e. The van der Waals surface area contributed by atoms with Gasteiger partial charge in [-0.15, -0.1) is 0 Å². The Labute approximate surface area is 175 Å². The Kier molecular flexibility index (Phi) is 7.46. The normalized spacial score (nSPS) is 12.9. The van der Waals surface area contributed by atoms with Crippen molar-refractivity contribution < 1.29 is 38.2 Å². The van der Waals surface area contributed by atoms with Gasteiger partial charge in [0.25, 0.3) is 5.91 Å². The fourth-order valence-corrected chi connectivity index (χ4v) is 2.79. The Hall–Kier alpha value is -3.76. The number of fused-ring (bicyclic) bond motifs is 1. The Balaban J connectivity index is 2.26. The molecular formula is C20H21FN2O8. The summed E-state index contributed by atoms with van der Waals surface area (Å²) >= 11 is 0.